The maximum atomic E-state index is 11.0. The summed E-state index contributed by atoms with van der Waals surface area (Å²) in [5.74, 6) is 2.07. The van der Waals surface area contributed by atoms with Crippen molar-refractivity contribution in [3.63, 3.8) is 0 Å². The van der Waals surface area contributed by atoms with Crippen LogP contribution in [0.5, 0.6) is 0 Å². The number of esters is 1. The van der Waals surface area contributed by atoms with Gasteiger partial charge in [0.05, 0.1) is 7.11 Å². The van der Waals surface area contributed by atoms with Crippen molar-refractivity contribution in [2.45, 2.75) is 25.8 Å². The molecule has 0 aliphatic rings. The van der Waals surface area contributed by atoms with Crippen LogP contribution in [0, 0.1) is 11.8 Å². The number of carboxylic acid groups (broad SMARTS) is 1. The lowest BCUT2D eigenvalue weighted by atomic mass is 10.1. The molecule has 16 heavy (non-hydrogen) atoms. The molecule has 0 radical (unpaired) electrons. The number of hydrogen-bond donors (Lipinski definition) is 2. The highest BCUT2D eigenvalue weighted by molar-refractivity contribution is 5.96. The summed E-state index contributed by atoms with van der Waals surface area (Å²) in [6.07, 6.45) is -0.105. The summed E-state index contributed by atoms with van der Waals surface area (Å²) in [5, 5.41) is 10.9. The van der Waals surface area contributed by atoms with Crippen LogP contribution in [0.1, 0.15) is 19.8 Å². The number of hydrogen-bond acceptors (Lipinski definition) is 4. The van der Waals surface area contributed by atoms with Gasteiger partial charge in [0.2, 0.25) is 0 Å². The van der Waals surface area contributed by atoms with Crippen LogP contribution in [-0.2, 0) is 19.1 Å². The smallest absolute Gasteiger partial charge is 0.326 e. The number of methoxy groups -OCH3 is 1. The van der Waals surface area contributed by atoms with Gasteiger partial charge in [-0.25, -0.2) is 4.79 Å². The van der Waals surface area contributed by atoms with E-state index in [1.54, 1.807) is 0 Å². The van der Waals surface area contributed by atoms with Gasteiger partial charge in [-0.2, -0.15) is 0 Å². The van der Waals surface area contributed by atoms with Gasteiger partial charge >= 0.3 is 11.9 Å². The average Bonchev–Trinajstić information content (AvgIpc) is 2.23. The number of carbonyl (C=O) groups is 3. The molecule has 0 aromatic rings. The largest absolute Gasteiger partial charge is 0.480 e. The Kier molecular flexibility index (Phi) is 6.36. The molecule has 2 N–H and O–H groups in total. The molecular formula is C10H13NO5. The Morgan fingerprint density at radius 2 is 2.06 bits per heavy atom. The van der Waals surface area contributed by atoms with Crippen molar-refractivity contribution >= 4 is 17.8 Å². The van der Waals surface area contributed by atoms with Crippen LogP contribution < -0.4 is 5.32 Å². The molecule has 0 aromatic carbocycles. The number of carbonyl (C=O) groups excluding carboxylic acids is 2. The van der Waals surface area contributed by atoms with E-state index in [4.69, 9.17) is 5.11 Å². The molecule has 0 rings (SSSR count). The minimum Gasteiger partial charge on any atom is -0.480 e. The van der Waals surface area contributed by atoms with E-state index in [1.807, 2.05) is 0 Å². The normalized spacial score (nSPS) is 10.6. The quantitative estimate of drug-likeness (QED) is 0.489. The predicted octanol–water partition coefficient (Wildman–Crippen LogP) is -0.468. The van der Waals surface area contributed by atoms with E-state index in [0.29, 0.717) is 0 Å². The first-order valence-corrected chi connectivity index (χ1v) is 4.54. The molecule has 6 nitrogen and oxygen atoms in total. The highest BCUT2D eigenvalue weighted by Gasteiger charge is 2.20. The number of nitrogens with one attached hydrogen (secondary N) is 1. The van der Waals surface area contributed by atoms with Gasteiger partial charge < -0.3 is 15.2 Å². The highest BCUT2D eigenvalue weighted by atomic mass is 16.5. The fourth-order valence-electron chi connectivity index (χ4n) is 0.929. The third-order valence-electron chi connectivity index (χ3n) is 1.71. The van der Waals surface area contributed by atoms with Crippen molar-refractivity contribution in [2.75, 3.05) is 7.11 Å². The van der Waals surface area contributed by atoms with Gasteiger partial charge in [-0.3, -0.25) is 9.59 Å². The van der Waals surface area contributed by atoms with Crippen LogP contribution >= 0.6 is 0 Å². The Hall–Kier alpha value is -2.03. The Morgan fingerprint density at radius 3 is 2.50 bits per heavy atom. The summed E-state index contributed by atoms with van der Waals surface area (Å²) < 4.78 is 4.36. The summed E-state index contributed by atoms with van der Waals surface area (Å²) in [6.45, 7) is 1.46. The second-order valence-corrected chi connectivity index (χ2v) is 2.85. The maximum absolute atomic E-state index is 11.0. The molecule has 0 aliphatic heterocycles. The molecule has 1 atom stereocenters. The fourth-order valence-corrected chi connectivity index (χ4v) is 0.929. The van der Waals surface area contributed by atoms with Crippen molar-refractivity contribution in [1.29, 1.82) is 0 Å². The lowest BCUT2D eigenvalue weighted by Gasteiger charge is -2.11. The fraction of sp³-hybridized carbons (Fsp3) is 0.500. The average molecular weight is 227 g/mol. The van der Waals surface area contributed by atoms with E-state index in [-0.39, 0.29) is 12.8 Å². The molecule has 0 aliphatic carbocycles. The second kappa shape index (κ2) is 7.29. The summed E-state index contributed by atoms with van der Waals surface area (Å²) in [6, 6.07) is -1.13. The lowest BCUT2D eigenvalue weighted by Crippen LogP contribution is -2.40. The number of aliphatic carboxylic acids is 1. The van der Waals surface area contributed by atoms with E-state index in [2.05, 4.69) is 21.9 Å². The molecule has 0 fully saturated rings. The van der Waals surface area contributed by atoms with Gasteiger partial charge in [-0.15, -0.1) is 0 Å². The zero-order chi connectivity index (χ0) is 12.6. The molecule has 0 aromatic heterocycles. The van der Waals surface area contributed by atoms with E-state index in [1.165, 1.54) is 14.0 Å². The Labute approximate surface area is 93.0 Å². The van der Waals surface area contributed by atoms with E-state index in [9.17, 15) is 14.4 Å². The summed E-state index contributed by atoms with van der Waals surface area (Å²) >= 11 is 0. The van der Waals surface area contributed by atoms with Crippen molar-refractivity contribution in [3.8, 4) is 11.8 Å². The summed E-state index contributed by atoms with van der Waals surface area (Å²) in [4.78, 5) is 32.5. The second-order valence-electron chi connectivity index (χ2n) is 2.85. The number of carboxylic acids is 1. The van der Waals surface area contributed by atoms with Crippen LogP contribution in [-0.4, -0.2) is 36.1 Å². The topological polar surface area (TPSA) is 92.7 Å². The first-order chi connectivity index (χ1) is 7.51. The zero-order valence-corrected chi connectivity index (χ0v) is 9.07. The van der Waals surface area contributed by atoms with Crippen LogP contribution in [0.25, 0.3) is 0 Å². The molecule has 0 heterocycles. The Morgan fingerprint density at radius 1 is 1.44 bits per heavy atom. The Balaban J connectivity index is 4.27. The van der Waals surface area contributed by atoms with Crippen LogP contribution in [0.3, 0.4) is 0 Å². The van der Waals surface area contributed by atoms with Crippen molar-refractivity contribution in [2.24, 2.45) is 0 Å². The molecule has 0 saturated heterocycles. The molecule has 0 bridgehead atoms. The van der Waals surface area contributed by atoms with Crippen LogP contribution in [0.4, 0.5) is 0 Å². The van der Waals surface area contributed by atoms with Gasteiger partial charge in [0.15, 0.2) is 0 Å². The van der Waals surface area contributed by atoms with Gasteiger partial charge in [-0.05, 0) is 19.3 Å². The van der Waals surface area contributed by atoms with Crippen LogP contribution in [0.15, 0.2) is 0 Å². The molecular weight excluding hydrogens is 214 g/mol. The summed E-state index contributed by atoms with van der Waals surface area (Å²) in [7, 11) is 1.21. The minimum atomic E-state index is -1.21. The van der Waals surface area contributed by atoms with Crippen molar-refractivity contribution in [1.82, 2.24) is 5.32 Å². The third kappa shape index (κ3) is 5.65. The van der Waals surface area contributed by atoms with Crippen molar-refractivity contribution < 1.29 is 24.2 Å². The molecule has 1 amide bonds. The van der Waals surface area contributed by atoms with Gasteiger partial charge in [-0.1, -0.05) is 5.92 Å². The number of amides is 1. The lowest BCUT2D eigenvalue weighted by molar-refractivity contribution is -0.143. The highest BCUT2D eigenvalue weighted by Crippen LogP contribution is 1.99. The number of rotatable bonds is 5. The third-order valence-corrected chi connectivity index (χ3v) is 1.71. The van der Waals surface area contributed by atoms with Gasteiger partial charge in [0.25, 0.3) is 5.91 Å². The first-order valence-electron chi connectivity index (χ1n) is 4.54. The first kappa shape index (κ1) is 14.0. The standard InChI is InChI=1S/C10H13NO5/c1-3-4-8(12)11-7(10(14)15)5-6-9(13)16-2/h7H,5-6H2,1-2H3,(H,11,12)(H,14,15)/t7-/m0/s1. The van der Waals surface area contributed by atoms with Crippen molar-refractivity contribution in [3.05, 3.63) is 0 Å². The predicted molar refractivity (Wildman–Crippen MR) is 54.3 cm³/mol. The van der Waals surface area contributed by atoms with Crippen LogP contribution in [0.2, 0.25) is 0 Å². The summed E-state index contributed by atoms with van der Waals surface area (Å²) in [5.41, 5.74) is 0. The molecule has 0 unspecified atom stereocenters. The van der Waals surface area contributed by atoms with E-state index >= 15 is 0 Å². The number of ether oxygens (including phenoxy) is 1. The van der Waals surface area contributed by atoms with Gasteiger partial charge in [0.1, 0.15) is 6.04 Å². The monoisotopic (exact) mass is 227 g/mol. The van der Waals surface area contributed by atoms with E-state index < -0.39 is 23.9 Å². The molecule has 88 valence electrons. The zero-order valence-electron chi connectivity index (χ0n) is 9.07. The Bertz CT molecular complexity index is 339. The maximum Gasteiger partial charge on any atom is 0.326 e. The molecule has 0 saturated carbocycles. The SMILES string of the molecule is CC#CC(=O)N[C@@H](CCC(=O)OC)C(=O)O. The minimum absolute atomic E-state index is 0.0286. The van der Waals surface area contributed by atoms with Gasteiger partial charge in [0, 0.05) is 6.42 Å². The molecule has 0 spiro atoms. The van der Waals surface area contributed by atoms with E-state index in [0.717, 1.165) is 0 Å². The molecule has 6 heteroatoms.